The van der Waals surface area contributed by atoms with E-state index in [1.165, 1.54) is 0 Å². The fourth-order valence-electron chi connectivity index (χ4n) is 2.62. The van der Waals surface area contributed by atoms with Crippen LogP contribution in [0, 0.1) is 0 Å². The quantitative estimate of drug-likeness (QED) is 0.916. The molecular weight excluding hydrogens is 304 g/mol. The van der Waals surface area contributed by atoms with Crippen LogP contribution in [0.1, 0.15) is 18.4 Å². The van der Waals surface area contributed by atoms with Crippen LogP contribution in [0.3, 0.4) is 0 Å². The number of carboxylic acids is 1. The molecule has 1 aliphatic rings. The van der Waals surface area contributed by atoms with Crippen LogP contribution in [-0.2, 0) is 20.2 Å². The molecular formula is C13H15F2NO4S. The topological polar surface area (TPSA) is 74.7 Å². The number of hydrogen-bond donors (Lipinski definition) is 1. The van der Waals surface area contributed by atoms with Crippen molar-refractivity contribution < 1.29 is 27.1 Å². The van der Waals surface area contributed by atoms with E-state index in [0.717, 1.165) is 0 Å². The molecule has 1 fully saturated rings. The zero-order valence-corrected chi connectivity index (χ0v) is 11.9. The van der Waals surface area contributed by atoms with Crippen molar-refractivity contribution in [1.82, 2.24) is 4.31 Å². The van der Waals surface area contributed by atoms with E-state index in [1.807, 2.05) is 0 Å². The number of halogens is 2. The van der Waals surface area contributed by atoms with Gasteiger partial charge in [0.2, 0.25) is 0 Å². The van der Waals surface area contributed by atoms with Crippen LogP contribution >= 0.6 is 0 Å². The van der Waals surface area contributed by atoms with Crippen LogP contribution in [0.5, 0.6) is 0 Å². The molecule has 0 aromatic heterocycles. The lowest BCUT2D eigenvalue weighted by atomic mass is 9.73. The summed E-state index contributed by atoms with van der Waals surface area (Å²) in [5.41, 5.74) is -0.665. The van der Waals surface area contributed by atoms with Gasteiger partial charge in [-0.2, -0.15) is 13.1 Å². The molecule has 1 aromatic rings. The highest BCUT2D eigenvalue weighted by Gasteiger charge is 2.46. The maximum absolute atomic E-state index is 12.5. The summed E-state index contributed by atoms with van der Waals surface area (Å²) < 4.78 is 48.6. The average molecular weight is 319 g/mol. The number of hydrogen-bond acceptors (Lipinski definition) is 3. The first-order valence-corrected chi connectivity index (χ1v) is 7.87. The fraction of sp³-hybridized carbons (Fsp3) is 0.462. The van der Waals surface area contributed by atoms with Crippen molar-refractivity contribution in [3.05, 3.63) is 35.9 Å². The Morgan fingerprint density at radius 3 is 2.14 bits per heavy atom. The summed E-state index contributed by atoms with van der Waals surface area (Å²) in [5, 5.41) is 9.52. The summed E-state index contributed by atoms with van der Waals surface area (Å²) in [6.07, 6.45) is -0.0589. The van der Waals surface area contributed by atoms with Gasteiger partial charge in [-0.05, 0) is 18.4 Å². The molecule has 0 radical (unpaired) electrons. The van der Waals surface area contributed by atoms with E-state index >= 15 is 0 Å². The summed E-state index contributed by atoms with van der Waals surface area (Å²) in [6, 6.07) is 8.46. The molecule has 2 rings (SSSR count). The Labute approximate surface area is 121 Å². The number of benzene rings is 1. The molecule has 0 unspecified atom stereocenters. The number of alkyl halides is 2. The molecule has 1 aromatic carbocycles. The minimum absolute atomic E-state index is 0.0295. The molecule has 1 N–H and O–H groups in total. The molecule has 0 amide bonds. The lowest BCUT2D eigenvalue weighted by Gasteiger charge is -2.38. The van der Waals surface area contributed by atoms with E-state index in [1.54, 1.807) is 30.3 Å². The highest BCUT2D eigenvalue weighted by atomic mass is 32.2. The van der Waals surface area contributed by atoms with Crippen molar-refractivity contribution in [3.63, 3.8) is 0 Å². The third-order valence-electron chi connectivity index (χ3n) is 3.90. The summed E-state index contributed by atoms with van der Waals surface area (Å²) in [7, 11) is -4.65. The second kappa shape index (κ2) is 5.69. The molecule has 0 atom stereocenters. The molecule has 0 aliphatic carbocycles. The van der Waals surface area contributed by atoms with Crippen LogP contribution in [0.15, 0.2) is 30.3 Å². The Hall–Kier alpha value is -1.54. The highest BCUT2D eigenvalue weighted by Crippen LogP contribution is 2.37. The van der Waals surface area contributed by atoms with Crippen LogP contribution in [0.4, 0.5) is 8.78 Å². The van der Waals surface area contributed by atoms with Crippen molar-refractivity contribution in [2.24, 2.45) is 0 Å². The number of piperidine rings is 1. The second-order valence-corrected chi connectivity index (χ2v) is 6.86. The summed E-state index contributed by atoms with van der Waals surface area (Å²) in [4.78, 5) is 11.7. The van der Waals surface area contributed by atoms with E-state index in [2.05, 4.69) is 0 Å². The molecule has 1 heterocycles. The summed E-state index contributed by atoms with van der Waals surface area (Å²) in [5.74, 6) is -4.55. The predicted octanol–water partition coefficient (Wildman–Crippen LogP) is 1.66. The molecule has 1 saturated heterocycles. The minimum atomic E-state index is -4.65. The SMILES string of the molecule is O=C(O)C1(c2ccccc2)CCN(S(=O)(=O)C(F)F)CC1. The van der Waals surface area contributed by atoms with Crippen LogP contribution < -0.4 is 0 Å². The maximum atomic E-state index is 12.5. The molecule has 1 aliphatic heterocycles. The Morgan fingerprint density at radius 2 is 1.71 bits per heavy atom. The van der Waals surface area contributed by atoms with Gasteiger partial charge in [-0.3, -0.25) is 4.79 Å². The Kier molecular flexibility index (Phi) is 4.29. The molecule has 0 saturated carbocycles. The van der Waals surface area contributed by atoms with Crippen LogP contribution in [-0.4, -0.2) is 42.6 Å². The third kappa shape index (κ3) is 2.77. The first kappa shape index (κ1) is 15.8. The maximum Gasteiger partial charge on any atom is 0.350 e. The summed E-state index contributed by atoms with van der Waals surface area (Å²) >= 11 is 0. The number of nitrogens with zero attached hydrogens (tertiary/aromatic N) is 1. The van der Waals surface area contributed by atoms with E-state index < -0.39 is 27.2 Å². The van der Waals surface area contributed by atoms with Crippen molar-refractivity contribution in [3.8, 4) is 0 Å². The Morgan fingerprint density at radius 1 is 1.19 bits per heavy atom. The number of carbonyl (C=O) groups is 1. The van der Waals surface area contributed by atoms with Gasteiger partial charge in [-0.25, -0.2) is 8.42 Å². The average Bonchev–Trinajstić information content (AvgIpc) is 2.47. The van der Waals surface area contributed by atoms with Crippen molar-refractivity contribution >= 4 is 16.0 Å². The number of sulfonamides is 1. The van der Waals surface area contributed by atoms with E-state index in [4.69, 9.17) is 0 Å². The minimum Gasteiger partial charge on any atom is -0.481 e. The lowest BCUT2D eigenvalue weighted by Crippen LogP contribution is -2.50. The van der Waals surface area contributed by atoms with Gasteiger partial charge in [0.1, 0.15) is 0 Å². The zero-order valence-electron chi connectivity index (χ0n) is 11.1. The number of carboxylic acid groups (broad SMARTS) is 1. The molecule has 116 valence electrons. The van der Waals surface area contributed by atoms with E-state index in [-0.39, 0.29) is 25.9 Å². The predicted molar refractivity (Wildman–Crippen MR) is 71.5 cm³/mol. The smallest absolute Gasteiger partial charge is 0.350 e. The van der Waals surface area contributed by atoms with Gasteiger partial charge >= 0.3 is 11.7 Å². The number of aliphatic carboxylic acids is 1. The molecule has 8 heteroatoms. The van der Waals surface area contributed by atoms with Crippen LogP contribution in [0.25, 0.3) is 0 Å². The molecule has 0 spiro atoms. The van der Waals surface area contributed by atoms with Gasteiger partial charge in [-0.1, -0.05) is 30.3 Å². The van der Waals surface area contributed by atoms with Crippen molar-refractivity contribution in [1.29, 1.82) is 0 Å². The summed E-state index contributed by atoms with van der Waals surface area (Å²) in [6.45, 7) is -0.457. The van der Waals surface area contributed by atoms with Gasteiger partial charge in [0.05, 0.1) is 5.41 Å². The normalized spacial score (nSPS) is 19.6. The lowest BCUT2D eigenvalue weighted by molar-refractivity contribution is -0.145. The fourth-order valence-corrected chi connectivity index (χ4v) is 3.54. The van der Waals surface area contributed by atoms with Gasteiger partial charge in [0.15, 0.2) is 0 Å². The van der Waals surface area contributed by atoms with E-state index in [9.17, 15) is 27.1 Å². The highest BCUT2D eigenvalue weighted by molar-refractivity contribution is 7.89. The Bertz CT molecular complexity index is 610. The first-order chi connectivity index (χ1) is 9.80. The van der Waals surface area contributed by atoms with Crippen LogP contribution in [0.2, 0.25) is 0 Å². The van der Waals surface area contributed by atoms with Crippen molar-refractivity contribution in [2.45, 2.75) is 24.0 Å². The van der Waals surface area contributed by atoms with Gasteiger partial charge in [0.25, 0.3) is 10.0 Å². The molecule has 21 heavy (non-hydrogen) atoms. The standard InChI is InChI=1S/C13H15F2NO4S/c14-12(15)21(19,20)16-8-6-13(7-9-16,11(17)18)10-4-2-1-3-5-10/h1-5,12H,6-9H2,(H,17,18). The zero-order chi connectivity index (χ0) is 15.7. The third-order valence-corrected chi connectivity index (χ3v) is 5.43. The number of rotatable bonds is 4. The van der Waals surface area contributed by atoms with E-state index in [0.29, 0.717) is 9.87 Å². The van der Waals surface area contributed by atoms with Gasteiger partial charge < -0.3 is 5.11 Å². The second-order valence-electron chi connectivity index (χ2n) is 4.96. The van der Waals surface area contributed by atoms with Gasteiger partial charge in [-0.15, -0.1) is 0 Å². The van der Waals surface area contributed by atoms with Gasteiger partial charge in [0, 0.05) is 13.1 Å². The molecule has 0 bridgehead atoms. The monoisotopic (exact) mass is 319 g/mol. The molecule has 5 nitrogen and oxygen atoms in total. The van der Waals surface area contributed by atoms with Crippen molar-refractivity contribution in [2.75, 3.05) is 13.1 Å². The Balaban J connectivity index is 2.26. The first-order valence-electron chi connectivity index (χ1n) is 6.37. The largest absolute Gasteiger partial charge is 0.481 e.